The molecule has 1 N–H and O–H groups in total. The molecule has 10 heavy (non-hydrogen) atoms. The Bertz CT molecular complexity index is 145. The van der Waals surface area contributed by atoms with Gasteiger partial charge in [-0.15, -0.1) is 0 Å². The van der Waals surface area contributed by atoms with Crippen LogP contribution in [0.1, 0.15) is 20.3 Å². The number of rotatable bonds is 4. The van der Waals surface area contributed by atoms with Crippen molar-refractivity contribution in [2.24, 2.45) is 4.99 Å². The van der Waals surface area contributed by atoms with Crippen LogP contribution in [-0.2, 0) is 0 Å². The quantitative estimate of drug-likeness (QED) is 0.577. The van der Waals surface area contributed by atoms with Gasteiger partial charge in [-0.05, 0) is 13.3 Å². The van der Waals surface area contributed by atoms with Gasteiger partial charge < -0.3 is 5.41 Å². The minimum absolute atomic E-state index is 0.852. The number of hydrogen-bond donors (Lipinski definition) is 1. The van der Waals surface area contributed by atoms with E-state index in [0.29, 0.717) is 0 Å². The zero-order chi connectivity index (χ0) is 7.82. The van der Waals surface area contributed by atoms with Crippen molar-refractivity contribution < 1.29 is 0 Å². The predicted octanol–water partition coefficient (Wildman–Crippen LogP) is 2.06. The maximum absolute atomic E-state index is 6.91. The van der Waals surface area contributed by atoms with Crippen molar-refractivity contribution >= 4 is 12.4 Å². The van der Waals surface area contributed by atoms with Crippen molar-refractivity contribution in [2.75, 3.05) is 6.54 Å². The lowest BCUT2D eigenvalue weighted by Gasteiger charge is -1.87. The average Bonchev–Trinajstić information content (AvgIpc) is 1.99. The van der Waals surface area contributed by atoms with Crippen LogP contribution in [0.4, 0.5) is 0 Å². The van der Waals surface area contributed by atoms with Crippen molar-refractivity contribution in [3.8, 4) is 0 Å². The van der Waals surface area contributed by atoms with E-state index in [-0.39, 0.29) is 0 Å². The molecule has 0 aromatic rings. The van der Waals surface area contributed by atoms with Crippen LogP contribution in [0, 0.1) is 5.41 Å². The lowest BCUT2D eigenvalue weighted by Crippen LogP contribution is -1.85. The van der Waals surface area contributed by atoms with E-state index < -0.39 is 0 Å². The second-order valence-electron chi connectivity index (χ2n) is 1.97. The molecule has 0 fully saturated rings. The molecular weight excluding hydrogens is 124 g/mol. The zero-order valence-corrected chi connectivity index (χ0v) is 6.59. The van der Waals surface area contributed by atoms with Gasteiger partial charge in [0, 0.05) is 24.5 Å². The third-order valence-electron chi connectivity index (χ3n) is 1.09. The van der Waals surface area contributed by atoms with E-state index in [0.717, 1.165) is 18.5 Å². The summed E-state index contributed by atoms with van der Waals surface area (Å²) in [6.07, 6.45) is 5.97. The molecule has 0 heterocycles. The van der Waals surface area contributed by atoms with Gasteiger partial charge in [0.15, 0.2) is 0 Å². The fourth-order valence-electron chi connectivity index (χ4n) is 0.494. The molecule has 0 amide bonds. The van der Waals surface area contributed by atoms with E-state index in [1.165, 1.54) is 6.21 Å². The Labute approximate surface area is 62.2 Å². The van der Waals surface area contributed by atoms with Gasteiger partial charge in [-0.3, -0.25) is 4.99 Å². The third-order valence-corrected chi connectivity index (χ3v) is 1.09. The topological polar surface area (TPSA) is 36.2 Å². The Hall–Kier alpha value is -0.920. The largest absolute Gasteiger partial charge is 0.308 e. The van der Waals surface area contributed by atoms with Crippen LogP contribution in [0.25, 0.3) is 0 Å². The standard InChI is InChI=1S/C8H14N2/c1-3-5-10-7-8(4-2)6-9/h4,6-7,9H,3,5H2,1-2H3/b8-4-,9-6?,10-7-. The lowest BCUT2D eigenvalue weighted by molar-refractivity contribution is 0.937. The van der Waals surface area contributed by atoms with Gasteiger partial charge in [0.1, 0.15) is 0 Å². The molecule has 0 unspecified atom stereocenters. The summed E-state index contributed by atoms with van der Waals surface area (Å²) in [5.74, 6) is 0. The number of hydrogen-bond acceptors (Lipinski definition) is 2. The molecule has 0 saturated carbocycles. The first kappa shape index (κ1) is 9.08. The van der Waals surface area contributed by atoms with Crippen LogP contribution < -0.4 is 0 Å². The summed E-state index contributed by atoms with van der Waals surface area (Å²) < 4.78 is 0. The van der Waals surface area contributed by atoms with Crippen LogP contribution >= 0.6 is 0 Å². The van der Waals surface area contributed by atoms with Gasteiger partial charge in [0.2, 0.25) is 0 Å². The van der Waals surface area contributed by atoms with Crippen molar-refractivity contribution in [3.63, 3.8) is 0 Å². The van der Waals surface area contributed by atoms with Crippen molar-refractivity contribution in [1.29, 1.82) is 5.41 Å². The van der Waals surface area contributed by atoms with Crippen LogP contribution in [0.2, 0.25) is 0 Å². The summed E-state index contributed by atoms with van der Waals surface area (Å²) in [5.41, 5.74) is 0.869. The monoisotopic (exact) mass is 138 g/mol. The van der Waals surface area contributed by atoms with Gasteiger partial charge in [0.05, 0.1) is 0 Å². The summed E-state index contributed by atoms with van der Waals surface area (Å²) in [5, 5.41) is 6.91. The number of allylic oxidation sites excluding steroid dienone is 2. The molecule has 0 aliphatic carbocycles. The molecule has 2 heteroatoms. The van der Waals surface area contributed by atoms with Crippen LogP contribution in [0.15, 0.2) is 16.6 Å². The molecule has 0 aliphatic heterocycles. The van der Waals surface area contributed by atoms with Gasteiger partial charge in [-0.2, -0.15) is 0 Å². The first-order valence-corrected chi connectivity index (χ1v) is 3.51. The van der Waals surface area contributed by atoms with Crippen LogP contribution in [-0.4, -0.2) is 19.0 Å². The predicted molar refractivity (Wildman–Crippen MR) is 46.2 cm³/mol. The Morgan fingerprint density at radius 1 is 1.60 bits per heavy atom. The normalized spacial score (nSPS) is 12.4. The van der Waals surface area contributed by atoms with Crippen molar-refractivity contribution in [2.45, 2.75) is 20.3 Å². The molecule has 0 aromatic heterocycles. The fraction of sp³-hybridized carbons (Fsp3) is 0.500. The molecule has 0 saturated heterocycles. The minimum atomic E-state index is 0.852. The first-order valence-electron chi connectivity index (χ1n) is 3.51. The highest BCUT2D eigenvalue weighted by molar-refractivity contribution is 6.02. The van der Waals surface area contributed by atoms with Crippen molar-refractivity contribution in [1.82, 2.24) is 0 Å². The number of nitrogens with zero attached hydrogens (tertiary/aromatic N) is 1. The third kappa shape index (κ3) is 4.01. The second kappa shape index (κ2) is 6.20. The summed E-state index contributed by atoms with van der Waals surface area (Å²) >= 11 is 0. The summed E-state index contributed by atoms with van der Waals surface area (Å²) in [4.78, 5) is 4.09. The SMILES string of the molecule is C/C=C(C=N)\C=N/CCC. The Kier molecular flexibility index (Phi) is 5.63. The van der Waals surface area contributed by atoms with Crippen molar-refractivity contribution in [3.05, 3.63) is 11.6 Å². The maximum Gasteiger partial charge on any atom is 0.0386 e. The molecular formula is C8H14N2. The van der Waals surface area contributed by atoms with E-state index in [2.05, 4.69) is 11.9 Å². The summed E-state index contributed by atoms with van der Waals surface area (Å²) in [6.45, 7) is 4.83. The highest BCUT2D eigenvalue weighted by Gasteiger charge is 1.80. The molecule has 0 rings (SSSR count). The highest BCUT2D eigenvalue weighted by Crippen LogP contribution is 1.84. The van der Waals surface area contributed by atoms with E-state index in [9.17, 15) is 0 Å². The number of nitrogens with one attached hydrogen (secondary N) is 1. The Balaban J connectivity index is 3.74. The van der Waals surface area contributed by atoms with E-state index in [4.69, 9.17) is 5.41 Å². The summed E-state index contributed by atoms with van der Waals surface area (Å²) in [7, 11) is 0. The van der Waals surface area contributed by atoms with Gasteiger partial charge >= 0.3 is 0 Å². The van der Waals surface area contributed by atoms with E-state index >= 15 is 0 Å². The Morgan fingerprint density at radius 3 is 2.70 bits per heavy atom. The minimum Gasteiger partial charge on any atom is -0.308 e. The molecule has 2 nitrogen and oxygen atoms in total. The van der Waals surface area contributed by atoms with E-state index in [1.807, 2.05) is 13.0 Å². The second-order valence-corrected chi connectivity index (χ2v) is 1.97. The fourth-order valence-corrected chi connectivity index (χ4v) is 0.494. The van der Waals surface area contributed by atoms with E-state index in [1.54, 1.807) is 6.21 Å². The molecule has 0 atom stereocenters. The van der Waals surface area contributed by atoms with Gasteiger partial charge in [-0.1, -0.05) is 13.0 Å². The van der Waals surface area contributed by atoms with Gasteiger partial charge in [0.25, 0.3) is 0 Å². The highest BCUT2D eigenvalue weighted by atomic mass is 14.7. The van der Waals surface area contributed by atoms with Crippen LogP contribution in [0.5, 0.6) is 0 Å². The molecule has 0 aliphatic rings. The van der Waals surface area contributed by atoms with Crippen LogP contribution in [0.3, 0.4) is 0 Å². The molecule has 0 spiro atoms. The Morgan fingerprint density at radius 2 is 2.30 bits per heavy atom. The maximum atomic E-state index is 6.91. The average molecular weight is 138 g/mol. The zero-order valence-electron chi connectivity index (χ0n) is 6.59. The smallest absolute Gasteiger partial charge is 0.0386 e. The van der Waals surface area contributed by atoms with Gasteiger partial charge in [-0.25, -0.2) is 0 Å². The first-order chi connectivity index (χ1) is 4.85. The molecule has 0 aromatic carbocycles. The summed E-state index contributed by atoms with van der Waals surface area (Å²) in [6, 6.07) is 0. The number of aliphatic imine (C=N–C) groups is 1. The lowest BCUT2D eigenvalue weighted by atomic mass is 10.3. The molecule has 0 radical (unpaired) electrons. The molecule has 56 valence electrons. The molecule has 0 bridgehead atoms.